The largest absolute Gasteiger partial charge is 0.342 e. The molecule has 1 saturated carbocycles. The molecule has 2 N–H and O–H groups in total. The summed E-state index contributed by atoms with van der Waals surface area (Å²) in [7, 11) is 0. The van der Waals surface area contributed by atoms with Gasteiger partial charge in [0, 0.05) is 12.6 Å². The topological polar surface area (TPSA) is 58.2 Å². The third-order valence-electron chi connectivity index (χ3n) is 4.01. The number of carbonyl (C=O) groups excluding carboxylic acids is 2. The lowest BCUT2D eigenvalue weighted by Gasteiger charge is -2.18. The van der Waals surface area contributed by atoms with Gasteiger partial charge in [-0.3, -0.25) is 9.59 Å². The summed E-state index contributed by atoms with van der Waals surface area (Å²) in [6, 6.07) is 9.81. The molecule has 0 atom stereocenters. The van der Waals surface area contributed by atoms with Crippen LogP contribution in [0.2, 0.25) is 0 Å². The van der Waals surface area contributed by atoms with E-state index in [1.165, 1.54) is 31.2 Å². The van der Waals surface area contributed by atoms with Crippen molar-refractivity contribution >= 4 is 17.5 Å². The fraction of sp³-hybridized carbons (Fsp3) is 0.222. The lowest BCUT2D eigenvalue weighted by atomic mass is 10.0. The van der Waals surface area contributed by atoms with Gasteiger partial charge >= 0.3 is 0 Å². The first-order chi connectivity index (χ1) is 11.4. The highest BCUT2D eigenvalue weighted by atomic mass is 19.1. The van der Waals surface area contributed by atoms with Crippen LogP contribution in [-0.2, 0) is 10.3 Å². The number of anilines is 1. The molecule has 0 unspecified atom stereocenters. The van der Waals surface area contributed by atoms with Crippen LogP contribution in [0.1, 0.15) is 35.7 Å². The van der Waals surface area contributed by atoms with Gasteiger partial charge in [-0.25, -0.2) is 8.78 Å². The zero-order valence-corrected chi connectivity index (χ0v) is 13.0. The van der Waals surface area contributed by atoms with Gasteiger partial charge in [-0.15, -0.1) is 0 Å². The standard InChI is InChI=1S/C18H16F2N2O2/c1-11(23)21-14-5-6-16(20)15(10-14)17(24)22-18(7-8-18)12-3-2-4-13(19)9-12/h2-6,9-10H,7-8H2,1H3,(H,21,23)(H,22,24). The Bertz CT molecular complexity index is 816. The second kappa shape index (κ2) is 6.03. The Hall–Kier alpha value is -2.76. The van der Waals surface area contributed by atoms with Crippen LogP contribution in [0.3, 0.4) is 0 Å². The Morgan fingerprint density at radius 1 is 1.08 bits per heavy atom. The molecular weight excluding hydrogens is 314 g/mol. The van der Waals surface area contributed by atoms with Gasteiger partial charge in [-0.05, 0) is 48.7 Å². The van der Waals surface area contributed by atoms with Crippen LogP contribution in [0.15, 0.2) is 42.5 Å². The fourth-order valence-corrected chi connectivity index (χ4v) is 2.66. The first-order valence-corrected chi connectivity index (χ1v) is 7.55. The van der Waals surface area contributed by atoms with Crippen molar-refractivity contribution in [2.75, 3.05) is 5.32 Å². The van der Waals surface area contributed by atoms with Gasteiger partial charge in [-0.1, -0.05) is 12.1 Å². The van der Waals surface area contributed by atoms with E-state index in [9.17, 15) is 18.4 Å². The zero-order valence-electron chi connectivity index (χ0n) is 13.0. The molecule has 2 amide bonds. The van der Waals surface area contributed by atoms with Crippen LogP contribution >= 0.6 is 0 Å². The lowest BCUT2D eigenvalue weighted by Crippen LogP contribution is -2.35. The number of halogens is 2. The molecule has 0 aliphatic heterocycles. The fourth-order valence-electron chi connectivity index (χ4n) is 2.66. The van der Waals surface area contributed by atoms with E-state index in [1.54, 1.807) is 12.1 Å². The van der Waals surface area contributed by atoms with E-state index in [2.05, 4.69) is 10.6 Å². The third-order valence-corrected chi connectivity index (χ3v) is 4.01. The summed E-state index contributed by atoms with van der Waals surface area (Å²) in [5, 5.41) is 5.30. The molecule has 2 aromatic carbocycles. The normalized spacial score (nSPS) is 14.8. The van der Waals surface area contributed by atoms with E-state index >= 15 is 0 Å². The molecule has 0 heterocycles. The molecule has 0 spiro atoms. The Balaban J connectivity index is 1.84. The Morgan fingerprint density at radius 3 is 2.46 bits per heavy atom. The average molecular weight is 330 g/mol. The van der Waals surface area contributed by atoms with Gasteiger partial charge < -0.3 is 10.6 Å². The van der Waals surface area contributed by atoms with Crippen molar-refractivity contribution in [3.8, 4) is 0 Å². The monoisotopic (exact) mass is 330 g/mol. The van der Waals surface area contributed by atoms with Crippen LogP contribution in [0, 0.1) is 11.6 Å². The Morgan fingerprint density at radius 2 is 1.83 bits per heavy atom. The van der Waals surface area contributed by atoms with Crippen LogP contribution in [-0.4, -0.2) is 11.8 Å². The molecule has 1 aliphatic carbocycles. The summed E-state index contributed by atoms with van der Waals surface area (Å²) in [6.45, 7) is 1.33. The van der Waals surface area contributed by atoms with Crippen molar-refractivity contribution in [1.29, 1.82) is 0 Å². The maximum absolute atomic E-state index is 14.0. The van der Waals surface area contributed by atoms with Gasteiger partial charge in [0.15, 0.2) is 0 Å². The number of carbonyl (C=O) groups is 2. The Kier molecular flexibility index (Phi) is 4.05. The Labute approximate surface area is 137 Å². The van der Waals surface area contributed by atoms with E-state index in [4.69, 9.17) is 0 Å². The van der Waals surface area contributed by atoms with Crippen LogP contribution in [0.4, 0.5) is 14.5 Å². The molecule has 0 saturated heterocycles. The minimum atomic E-state index is -0.684. The average Bonchev–Trinajstić information content (AvgIpc) is 3.29. The highest BCUT2D eigenvalue weighted by molar-refractivity contribution is 5.97. The summed E-state index contributed by atoms with van der Waals surface area (Å²) in [4.78, 5) is 23.6. The number of benzene rings is 2. The van der Waals surface area contributed by atoms with Gasteiger partial charge in [0.05, 0.1) is 11.1 Å². The van der Waals surface area contributed by atoms with Gasteiger partial charge in [0.1, 0.15) is 11.6 Å². The quantitative estimate of drug-likeness (QED) is 0.903. The first-order valence-electron chi connectivity index (χ1n) is 7.55. The van der Waals surface area contributed by atoms with Crippen molar-refractivity contribution in [2.24, 2.45) is 0 Å². The predicted molar refractivity (Wildman–Crippen MR) is 85.5 cm³/mol. The van der Waals surface area contributed by atoms with Gasteiger partial charge in [0.2, 0.25) is 5.91 Å². The first kappa shape index (κ1) is 16.1. The third kappa shape index (κ3) is 3.27. The highest BCUT2D eigenvalue weighted by Crippen LogP contribution is 2.45. The second-order valence-electron chi connectivity index (χ2n) is 5.92. The van der Waals surface area contributed by atoms with E-state index < -0.39 is 17.3 Å². The van der Waals surface area contributed by atoms with Crippen LogP contribution in [0.5, 0.6) is 0 Å². The minimum Gasteiger partial charge on any atom is -0.342 e. The molecule has 4 nitrogen and oxygen atoms in total. The van der Waals surface area contributed by atoms with E-state index in [1.807, 2.05) is 0 Å². The van der Waals surface area contributed by atoms with Gasteiger partial charge in [0.25, 0.3) is 5.91 Å². The van der Waals surface area contributed by atoms with E-state index in [0.717, 1.165) is 6.07 Å². The summed E-state index contributed by atoms with van der Waals surface area (Å²) in [6.07, 6.45) is 1.32. The molecule has 1 fully saturated rings. The zero-order chi connectivity index (χ0) is 17.3. The number of rotatable bonds is 4. The summed E-state index contributed by atoms with van der Waals surface area (Å²) >= 11 is 0. The summed E-state index contributed by atoms with van der Waals surface area (Å²) in [5.41, 5.74) is 0.179. The lowest BCUT2D eigenvalue weighted by molar-refractivity contribution is -0.114. The minimum absolute atomic E-state index is 0.163. The smallest absolute Gasteiger partial charge is 0.255 e. The van der Waals surface area contributed by atoms with Crippen molar-refractivity contribution < 1.29 is 18.4 Å². The van der Waals surface area contributed by atoms with Crippen molar-refractivity contribution in [2.45, 2.75) is 25.3 Å². The molecule has 3 rings (SSSR count). The van der Waals surface area contributed by atoms with Gasteiger partial charge in [-0.2, -0.15) is 0 Å². The molecule has 0 bridgehead atoms. The molecule has 6 heteroatoms. The molecule has 124 valence electrons. The maximum Gasteiger partial charge on any atom is 0.255 e. The van der Waals surface area contributed by atoms with Crippen LogP contribution in [0.25, 0.3) is 0 Å². The summed E-state index contributed by atoms with van der Waals surface area (Å²) < 4.78 is 27.4. The van der Waals surface area contributed by atoms with Crippen molar-refractivity contribution in [1.82, 2.24) is 5.32 Å². The molecule has 0 radical (unpaired) electrons. The number of amides is 2. The molecule has 2 aromatic rings. The van der Waals surface area contributed by atoms with Crippen molar-refractivity contribution in [3.63, 3.8) is 0 Å². The molecule has 0 aromatic heterocycles. The molecule has 1 aliphatic rings. The predicted octanol–water partition coefficient (Wildman–Crippen LogP) is 3.34. The maximum atomic E-state index is 14.0. The van der Waals surface area contributed by atoms with E-state index in [-0.39, 0.29) is 17.3 Å². The summed E-state index contributed by atoms with van der Waals surface area (Å²) in [5.74, 6) is -1.98. The molecular formula is C18H16F2N2O2. The number of hydrogen-bond acceptors (Lipinski definition) is 2. The van der Waals surface area contributed by atoms with Crippen LogP contribution < -0.4 is 10.6 Å². The molecule has 24 heavy (non-hydrogen) atoms. The second-order valence-corrected chi connectivity index (χ2v) is 5.92. The SMILES string of the molecule is CC(=O)Nc1ccc(F)c(C(=O)NC2(c3cccc(F)c3)CC2)c1. The number of nitrogens with one attached hydrogen (secondary N) is 2. The highest BCUT2D eigenvalue weighted by Gasteiger charge is 2.46. The van der Waals surface area contributed by atoms with E-state index in [0.29, 0.717) is 24.1 Å². The number of hydrogen-bond donors (Lipinski definition) is 2. The van der Waals surface area contributed by atoms with Crippen molar-refractivity contribution in [3.05, 3.63) is 65.2 Å².